The predicted octanol–water partition coefficient (Wildman–Crippen LogP) is -6.37. The van der Waals surface area contributed by atoms with Gasteiger partial charge in [0, 0.05) is 39.3 Å². The maximum absolute atomic E-state index is 8.15. The van der Waals surface area contributed by atoms with Crippen molar-refractivity contribution in [2.75, 3.05) is 78.9 Å². The zero-order chi connectivity index (χ0) is 20.2. The standard InChI is InChI=1S/3C4H11NO2.BH3O3/c3*6-3-1-5-2-4-7;2-1(3)4/h3*5-7H,1-4H2;2-4H. The van der Waals surface area contributed by atoms with E-state index in [1.165, 1.54) is 0 Å². The highest BCUT2D eigenvalue weighted by Gasteiger charge is 1.92. The van der Waals surface area contributed by atoms with Crippen LogP contribution in [0.2, 0.25) is 0 Å². The molecule has 0 unspecified atom stereocenters. The van der Waals surface area contributed by atoms with Gasteiger partial charge in [0.2, 0.25) is 0 Å². The Bertz CT molecular complexity index is 149. The van der Waals surface area contributed by atoms with Crippen LogP contribution in [-0.2, 0) is 0 Å². The Morgan fingerprint density at radius 1 is 0.400 bits per heavy atom. The predicted molar refractivity (Wildman–Crippen MR) is 93.5 cm³/mol. The second-order valence-corrected chi connectivity index (χ2v) is 3.94. The van der Waals surface area contributed by atoms with Gasteiger partial charge in [0.05, 0.1) is 39.6 Å². The van der Waals surface area contributed by atoms with Gasteiger partial charge in [-0.25, -0.2) is 0 Å². The summed E-state index contributed by atoms with van der Waals surface area (Å²) in [6, 6.07) is 0. The summed E-state index contributed by atoms with van der Waals surface area (Å²) >= 11 is 0. The van der Waals surface area contributed by atoms with E-state index in [2.05, 4.69) is 16.0 Å². The molecule has 0 aliphatic heterocycles. The number of aliphatic hydroxyl groups is 6. The molecule has 0 rings (SSSR count). The van der Waals surface area contributed by atoms with Crippen LogP contribution < -0.4 is 16.0 Å². The molecule has 0 spiro atoms. The summed E-state index contributed by atoms with van der Waals surface area (Å²) in [4.78, 5) is 0. The summed E-state index contributed by atoms with van der Waals surface area (Å²) in [6.45, 7) is 4.25. The van der Waals surface area contributed by atoms with Gasteiger partial charge in [-0.05, 0) is 0 Å². The zero-order valence-electron chi connectivity index (χ0n) is 14.6. The minimum absolute atomic E-state index is 0.139. The van der Waals surface area contributed by atoms with Crippen molar-refractivity contribution in [1.82, 2.24) is 16.0 Å². The molecule has 0 heterocycles. The van der Waals surface area contributed by atoms with Gasteiger partial charge in [-0.15, -0.1) is 0 Å². The molecule has 156 valence electrons. The molecule has 25 heavy (non-hydrogen) atoms. The van der Waals surface area contributed by atoms with Crippen molar-refractivity contribution in [2.24, 2.45) is 0 Å². The molecule has 12 N–H and O–H groups in total. The van der Waals surface area contributed by atoms with Crippen molar-refractivity contribution < 1.29 is 45.7 Å². The first-order valence-corrected chi connectivity index (χ1v) is 7.79. The molecule has 0 bridgehead atoms. The van der Waals surface area contributed by atoms with Crippen LogP contribution in [0.1, 0.15) is 0 Å². The lowest BCUT2D eigenvalue weighted by Crippen LogP contribution is -2.21. The smallest absolute Gasteiger partial charge is 0.402 e. The number of nitrogens with one attached hydrogen (secondary N) is 3. The summed E-state index contributed by atoms with van der Waals surface area (Å²) in [6.07, 6.45) is 0. The summed E-state index contributed by atoms with van der Waals surface area (Å²) in [5, 5.41) is 78.7. The molecule has 0 aliphatic rings. The highest BCUT2D eigenvalue weighted by atomic mass is 16.5. The average molecular weight is 377 g/mol. The number of rotatable bonds is 12. The molecular formula is C12H36BN3O9. The van der Waals surface area contributed by atoms with Gasteiger partial charge in [0.1, 0.15) is 0 Å². The van der Waals surface area contributed by atoms with E-state index in [1.54, 1.807) is 0 Å². The number of hydrogen-bond acceptors (Lipinski definition) is 12. The molecule has 0 radical (unpaired) electrons. The van der Waals surface area contributed by atoms with Crippen LogP contribution in [0.4, 0.5) is 0 Å². The zero-order valence-corrected chi connectivity index (χ0v) is 14.6. The number of hydrogen-bond donors (Lipinski definition) is 12. The topological polar surface area (TPSA) is 218 Å². The molecule has 12 nitrogen and oxygen atoms in total. The van der Waals surface area contributed by atoms with Crippen molar-refractivity contribution in [3.05, 3.63) is 0 Å². The molecule has 0 fully saturated rings. The van der Waals surface area contributed by atoms with Crippen LogP contribution in [0, 0.1) is 0 Å². The Morgan fingerprint density at radius 2 is 0.520 bits per heavy atom. The van der Waals surface area contributed by atoms with E-state index in [9.17, 15) is 0 Å². The van der Waals surface area contributed by atoms with E-state index in [4.69, 9.17) is 45.7 Å². The SMILES string of the molecule is OB(O)O.OCCNCCO.OCCNCCO.OCCNCCO. The summed E-state index contributed by atoms with van der Waals surface area (Å²) in [5.74, 6) is 0. The number of aliphatic hydroxyl groups excluding tert-OH is 6. The van der Waals surface area contributed by atoms with Crippen LogP contribution in [0.25, 0.3) is 0 Å². The third-order valence-electron chi connectivity index (χ3n) is 1.73. The summed E-state index contributed by atoms with van der Waals surface area (Å²) in [5.41, 5.74) is 0. The molecule has 13 heteroatoms. The first kappa shape index (κ1) is 32.3. The first-order valence-electron chi connectivity index (χ1n) is 7.79. The molecule has 0 aliphatic carbocycles. The Labute approximate surface area is 148 Å². The van der Waals surface area contributed by atoms with Crippen LogP contribution in [0.5, 0.6) is 0 Å². The molecule has 0 aromatic rings. The lowest BCUT2D eigenvalue weighted by atomic mass is 10.3. The van der Waals surface area contributed by atoms with Gasteiger partial charge >= 0.3 is 7.32 Å². The van der Waals surface area contributed by atoms with Gasteiger partial charge in [0.15, 0.2) is 0 Å². The Balaban J connectivity index is -0.000000120. The van der Waals surface area contributed by atoms with Gasteiger partial charge in [-0.2, -0.15) is 0 Å². The highest BCUT2D eigenvalue weighted by molar-refractivity contribution is 6.30. The lowest BCUT2D eigenvalue weighted by Gasteiger charge is -1.94. The summed E-state index contributed by atoms with van der Waals surface area (Å²) < 4.78 is 0. The average Bonchev–Trinajstić information content (AvgIpc) is 2.57. The van der Waals surface area contributed by atoms with E-state index in [1.807, 2.05) is 0 Å². The highest BCUT2D eigenvalue weighted by Crippen LogP contribution is 1.55. The van der Waals surface area contributed by atoms with Crippen LogP contribution in [0.15, 0.2) is 0 Å². The van der Waals surface area contributed by atoms with Crippen LogP contribution in [0.3, 0.4) is 0 Å². The Hall–Kier alpha value is -0.415. The quantitative estimate of drug-likeness (QED) is 0.113. The van der Waals surface area contributed by atoms with Gasteiger partial charge in [-0.3, -0.25) is 0 Å². The van der Waals surface area contributed by atoms with E-state index < -0.39 is 7.32 Å². The minimum atomic E-state index is -2.17. The molecule has 0 saturated heterocycles. The maximum Gasteiger partial charge on any atom is 0.631 e. The van der Waals surface area contributed by atoms with Crippen molar-refractivity contribution in [1.29, 1.82) is 0 Å². The van der Waals surface area contributed by atoms with Crippen molar-refractivity contribution in [3.63, 3.8) is 0 Å². The van der Waals surface area contributed by atoms with Crippen molar-refractivity contribution >= 4 is 7.32 Å². The van der Waals surface area contributed by atoms with E-state index in [0.717, 1.165) is 0 Å². The molecular weight excluding hydrogens is 341 g/mol. The van der Waals surface area contributed by atoms with E-state index in [0.29, 0.717) is 39.3 Å². The van der Waals surface area contributed by atoms with E-state index >= 15 is 0 Å². The summed E-state index contributed by atoms with van der Waals surface area (Å²) in [7, 11) is -2.17. The third-order valence-corrected chi connectivity index (χ3v) is 1.73. The monoisotopic (exact) mass is 377 g/mol. The molecule has 0 atom stereocenters. The molecule has 0 saturated carbocycles. The largest absolute Gasteiger partial charge is 0.631 e. The van der Waals surface area contributed by atoms with Crippen molar-refractivity contribution in [3.8, 4) is 0 Å². The lowest BCUT2D eigenvalue weighted by molar-refractivity contribution is 0.266. The van der Waals surface area contributed by atoms with Crippen molar-refractivity contribution in [2.45, 2.75) is 0 Å². The minimum Gasteiger partial charge on any atom is -0.402 e. The van der Waals surface area contributed by atoms with Gasteiger partial charge in [-0.1, -0.05) is 0 Å². The second kappa shape index (κ2) is 38.9. The van der Waals surface area contributed by atoms with Gasteiger partial charge < -0.3 is 61.7 Å². The fourth-order valence-electron chi connectivity index (χ4n) is 0.849. The van der Waals surface area contributed by atoms with Gasteiger partial charge in [0.25, 0.3) is 0 Å². The third kappa shape index (κ3) is 81.9. The normalized spacial score (nSPS) is 9.00. The molecule has 0 aromatic heterocycles. The molecule has 0 amide bonds. The maximum atomic E-state index is 8.15. The Morgan fingerprint density at radius 3 is 0.600 bits per heavy atom. The van der Waals surface area contributed by atoms with Crippen LogP contribution in [-0.4, -0.2) is 132 Å². The van der Waals surface area contributed by atoms with Crippen LogP contribution >= 0.6 is 0 Å². The first-order chi connectivity index (χ1) is 12.0. The molecule has 0 aromatic carbocycles. The fraction of sp³-hybridized carbons (Fsp3) is 1.00. The fourth-order valence-corrected chi connectivity index (χ4v) is 0.849. The Kier molecular flexibility index (Phi) is 50.2. The second-order valence-electron chi connectivity index (χ2n) is 3.94. The van der Waals surface area contributed by atoms with E-state index in [-0.39, 0.29) is 39.6 Å².